The molecule has 28 heavy (non-hydrogen) atoms. The van der Waals surface area contributed by atoms with Crippen LogP contribution < -0.4 is 10.5 Å². The van der Waals surface area contributed by atoms with Gasteiger partial charge in [-0.3, -0.25) is 9.97 Å². The summed E-state index contributed by atoms with van der Waals surface area (Å²) in [6.07, 6.45) is 4.58. The van der Waals surface area contributed by atoms with Crippen molar-refractivity contribution < 1.29 is 9.13 Å². The molecule has 2 aromatic heterocycles. The largest absolute Gasteiger partial charge is 0.487 e. The Balaban J connectivity index is 1.62. The Hall–Kier alpha value is -3.80. The Morgan fingerprint density at radius 3 is 2.46 bits per heavy atom. The van der Waals surface area contributed by atoms with E-state index in [4.69, 9.17) is 10.5 Å². The number of hydrogen-bond acceptors (Lipinski definition) is 5. The summed E-state index contributed by atoms with van der Waals surface area (Å²) in [4.78, 5) is 12.4. The molecule has 5 nitrogen and oxygen atoms in total. The number of pyridine rings is 1. The molecule has 0 saturated carbocycles. The van der Waals surface area contributed by atoms with Gasteiger partial charge < -0.3 is 10.5 Å². The monoisotopic (exact) mass is 372 g/mol. The molecule has 4 aromatic rings. The average Bonchev–Trinajstić information content (AvgIpc) is 2.74. The number of rotatable bonds is 5. The number of anilines is 1. The number of nitrogen functional groups attached to an aromatic ring is 1. The molecule has 2 heterocycles. The molecule has 0 saturated heterocycles. The molecular formula is C22H17FN4O. The molecule has 0 fully saturated rings. The summed E-state index contributed by atoms with van der Waals surface area (Å²) < 4.78 is 20.7. The second-order valence-electron chi connectivity index (χ2n) is 6.13. The first-order valence-corrected chi connectivity index (χ1v) is 8.70. The lowest BCUT2D eigenvalue weighted by atomic mass is 10.0. The van der Waals surface area contributed by atoms with Gasteiger partial charge in [0.2, 0.25) is 0 Å². The van der Waals surface area contributed by atoms with Crippen LogP contribution in [-0.4, -0.2) is 15.0 Å². The summed E-state index contributed by atoms with van der Waals surface area (Å²) in [6.45, 7) is 0.333. The van der Waals surface area contributed by atoms with E-state index in [0.29, 0.717) is 35.0 Å². The molecule has 138 valence electrons. The summed E-state index contributed by atoms with van der Waals surface area (Å²) in [5, 5.41) is 0. The van der Waals surface area contributed by atoms with Crippen LogP contribution in [0, 0.1) is 5.82 Å². The van der Waals surface area contributed by atoms with Gasteiger partial charge in [0, 0.05) is 17.3 Å². The maximum Gasteiger partial charge on any atom is 0.141 e. The molecule has 0 radical (unpaired) electrons. The third-order valence-corrected chi connectivity index (χ3v) is 4.22. The van der Waals surface area contributed by atoms with Crippen LogP contribution in [-0.2, 0) is 6.61 Å². The number of benzene rings is 2. The topological polar surface area (TPSA) is 73.9 Å². The maximum atomic E-state index is 14.8. The van der Waals surface area contributed by atoms with Gasteiger partial charge in [-0.05, 0) is 35.9 Å². The fourth-order valence-electron chi connectivity index (χ4n) is 2.83. The summed E-state index contributed by atoms with van der Waals surface area (Å²) >= 11 is 0. The van der Waals surface area contributed by atoms with Gasteiger partial charge >= 0.3 is 0 Å². The number of hydrogen-bond donors (Lipinski definition) is 1. The Labute approximate surface area is 161 Å². The zero-order chi connectivity index (χ0) is 19.3. The van der Waals surface area contributed by atoms with Crippen LogP contribution in [0.3, 0.4) is 0 Å². The molecule has 0 bridgehead atoms. The van der Waals surface area contributed by atoms with Crippen molar-refractivity contribution in [1.29, 1.82) is 0 Å². The Morgan fingerprint density at radius 2 is 1.71 bits per heavy atom. The molecule has 0 unspecified atom stereocenters. The second-order valence-corrected chi connectivity index (χ2v) is 6.13. The number of ether oxygens (including phenoxy) is 1. The van der Waals surface area contributed by atoms with Crippen LogP contribution in [0.2, 0.25) is 0 Å². The zero-order valence-electron chi connectivity index (χ0n) is 14.9. The van der Waals surface area contributed by atoms with Crippen molar-refractivity contribution >= 4 is 5.82 Å². The first-order chi connectivity index (χ1) is 13.7. The quantitative estimate of drug-likeness (QED) is 0.558. The maximum absolute atomic E-state index is 14.8. The number of para-hydroxylation sites is 1. The van der Waals surface area contributed by atoms with Crippen molar-refractivity contribution in [3.05, 3.63) is 90.8 Å². The highest BCUT2D eigenvalue weighted by molar-refractivity contribution is 5.73. The van der Waals surface area contributed by atoms with E-state index >= 15 is 0 Å². The number of aromatic nitrogens is 3. The lowest BCUT2D eigenvalue weighted by Crippen LogP contribution is -1.99. The van der Waals surface area contributed by atoms with E-state index in [-0.39, 0.29) is 0 Å². The predicted molar refractivity (Wildman–Crippen MR) is 106 cm³/mol. The van der Waals surface area contributed by atoms with Gasteiger partial charge in [0.25, 0.3) is 0 Å². The molecule has 0 aliphatic carbocycles. The van der Waals surface area contributed by atoms with Gasteiger partial charge in [-0.1, -0.05) is 30.3 Å². The smallest absolute Gasteiger partial charge is 0.141 e. The first kappa shape index (κ1) is 17.6. The van der Waals surface area contributed by atoms with E-state index < -0.39 is 5.82 Å². The van der Waals surface area contributed by atoms with E-state index in [1.807, 2.05) is 48.5 Å². The van der Waals surface area contributed by atoms with Gasteiger partial charge in [-0.15, -0.1) is 0 Å². The first-order valence-electron chi connectivity index (χ1n) is 8.70. The fourth-order valence-corrected chi connectivity index (χ4v) is 2.83. The molecule has 4 rings (SSSR count). The van der Waals surface area contributed by atoms with Crippen LogP contribution in [0.25, 0.3) is 22.4 Å². The Bertz CT molecular complexity index is 1090. The molecule has 0 spiro atoms. The lowest BCUT2D eigenvalue weighted by molar-refractivity contribution is 0.302. The Kier molecular flexibility index (Phi) is 4.93. The van der Waals surface area contributed by atoms with Crippen molar-refractivity contribution in [3.63, 3.8) is 0 Å². The van der Waals surface area contributed by atoms with Crippen molar-refractivity contribution in [2.75, 3.05) is 5.73 Å². The summed E-state index contributed by atoms with van der Waals surface area (Å²) in [6, 6.07) is 18.2. The van der Waals surface area contributed by atoms with E-state index in [9.17, 15) is 4.39 Å². The SMILES string of the molecule is Nc1cnc(-c2ccc(-c3ccccc3OCc3ccccn3)cc2F)cn1. The molecule has 0 aliphatic heterocycles. The van der Waals surface area contributed by atoms with Gasteiger partial charge in [-0.2, -0.15) is 0 Å². The van der Waals surface area contributed by atoms with Crippen LogP contribution in [0.4, 0.5) is 10.2 Å². The standard InChI is InChI=1S/C22H17FN4O/c23-19-11-15(8-9-18(19)20-12-27-22(24)13-26-20)17-6-1-2-7-21(17)28-14-16-5-3-4-10-25-16/h1-13H,14H2,(H2,24,27). The zero-order valence-corrected chi connectivity index (χ0v) is 14.9. The highest BCUT2D eigenvalue weighted by Gasteiger charge is 2.12. The van der Waals surface area contributed by atoms with E-state index in [2.05, 4.69) is 15.0 Å². The average molecular weight is 372 g/mol. The summed E-state index contributed by atoms with van der Waals surface area (Å²) in [5.74, 6) is 0.559. The second kappa shape index (κ2) is 7.84. The number of nitrogens with zero attached hydrogens (tertiary/aromatic N) is 3. The van der Waals surface area contributed by atoms with Crippen LogP contribution >= 0.6 is 0 Å². The lowest BCUT2D eigenvalue weighted by Gasteiger charge is -2.12. The minimum absolute atomic E-state index is 0.291. The highest BCUT2D eigenvalue weighted by atomic mass is 19.1. The molecule has 0 atom stereocenters. The minimum atomic E-state index is -0.392. The third kappa shape index (κ3) is 3.81. The number of halogens is 1. The van der Waals surface area contributed by atoms with E-state index in [1.165, 1.54) is 18.5 Å². The number of nitrogens with two attached hydrogens (primary N) is 1. The van der Waals surface area contributed by atoms with Crippen LogP contribution in [0.1, 0.15) is 5.69 Å². The van der Waals surface area contributed by atoms with Crippen molar-refractivity contribution in [2.24, 2.45) is 0 Å². The molecular weight excluding hydrogens is 355 g/mol. The fraction of sp³-hybridized carbons (Fsp3) is 0.0455. The summed E-state index contributed by atoms with van der Waals surface area (Å²) in [7, 11) is 0. The molecule has 2 aromatic carbocycles. The Morgan fingerprint density at radius 1 is 0.857 bits per heavy atom. The molecule has 6 heteroatoms. The van der Waals surface area contributed by atoms with Crippen molar-refractivity contribution in [3.8, 4) is 28.1 Å². The van der Waals surface area contributed by atoms with Gasteiger partial charge in [-0.25, -0.2) is 9.37 Å². The van der Waals surface area contributed by atoms with Crippen molar-refractivity contribution in [2.45, 2.75) is 6.61 Å². The normalized spacial score (nSPS) is 10.6. The molecule has 0 amide bonds. The van der Waals surface area contributed by atoms with Gasteiger partial charge in [0.1, 0.15) is 24.0 Å². The van der Waals surface area contributed by atoms with Crippen LogP contribution in [0.15, 0.2) is 79.3 Å². The predicted octanol–water partition coefficient (Wildman–Crippen LogP) is 4.51. The van der Waals surface area contributed by atoms with Crippen molar-refractivity contribution in [1.82, 2.24) is 15.0 Å². The summed E-state index contributed by atoms with van der Waals surface area (Å²) in [5.41, 5.74) is 8.67. The molecule has 2 N–H and O–H groups in total. The minimum Gasteiger partial charge on any atom is -0.487 e. The van der Waals surface area contributed by atoms with Gasteiger partial charge in [0.05, 0.1) is 23.8 Å². The van der Waals surface area contributed by atoms with Crippen LogP contribution in [0.5, 0.6) is 5.75 Å². The molecule has 0 aliphatic rings. The van der Waals surface area contributed by atoms with E-state index in [1.54, 1.807) is 12.3 Å². The highest BCUT2D eigenvalue weighted by Crippen LogP contribution is 2.33. The van der Waals surface area contributed by atoms with Gasteiger partial charge in [0.15, 0.2) is 0 Å². The third-order valence-electron chi connectivity index (χ3n) is 4.22. The van der Waals surface area contributed by atoms with E-state index in [0.717, 1.165) is 11.3 Å².